The van der Waals surface area contributed by atoms with Crippen LogP contribution < -0.4 is 10.1 Å². The van der Waals surface area contributed by atoms with Gasteiger partial charge in [-0.2, -0.15) is 0 Å². The molecule has 1 aliphatic heterocycles. The van der Waals surface area contributed by atoms with Gasteiger partial charge in [-0.1, -0.05) is 88.0 Å². The van der Waals surface area contributed by atoms with Gasteiger partial charge in [-0.25, -0.2) is 0 Å². The van der Waals surface area contributed by atoms with Crippen molar-refractivity contribution in [3.63, 3.8) is 0 Å². The zero-order valence-electron chi connectivity index (χ0n) is 14.9. The van der Waals surface area contributed by atoms with Gasteiger partial charge >= 0.3 is 0 Å². The molecule has 2 rings (SSSR count). The fourth-order valence-electron chi connectivity index (χ4n) is 2.66. The number of nitrogens with one attached hydrogen (secondary N) is 1. The Morgan fingerprint density at radius 1 is 1.04 bits per heavy atom. The van der Waals surface area contributed by atoms with E-state index in [0.29, 0.717) is 9.23 Å². The van der Waals surface area contributed by atoms with Gasteiger partial charge < -0.3 is 10.1 Å². The van der Waals surface area contributed by atoms with E-state index in [1.807, 2.05) is 30.3 Å². The maximum absolute atomic E-state index is 11.6. The minimum Gasteiger partial charge on any atom is -0.494 e. The third kappa shape index (κ3) is 7.61. The molecule has 0 radical (unpaired) electrons. The lowest BCUT2D eigenvalue weighted by molar-refractivity contribution is -0.115. The van der Waals surface area contributed by atoms with Crippen LogP contribution in [0.5, 0.6) is 5.75 Å². The lowest BCUT2D eigenvalue weighted by atomic mass is 10.1. The predicted molar refractivity (Wildman–Crippen MR) is 111 cm³/mol. The summed E-state index contributed by atoms with van der Waals surface area (Å²) < 4.78 is 6.30. The van der Waals surface area contributed by atoms with Gasteiger partial charge in [-0.05, 0) is 30.2 Å². The molecule has 1 amide bonds. The number of thioether (sulfide) groups is 1. The molecular formula is C20H27NO2S2. The zero-order valence-corrected chi connectivity index (χ0v) is 16.5. The molecule has 0 bridgehead atoms. The van der Waals surface area contributed by atoms with Crippen LogP contribution in [0.1, 0.15) is 63.9 Å². The van der Waals surface area contributed by atoms with Gasteiger partial charge in [0.1, 0.15) is 10.1 Å². The van der Waals surface area contributed by atoms with Gasteiger partial charge in [0.05, 0.1) is 11.5 Å². The molecule has 0 spiro atoms. The smallest absolute Gasteiger partial charge is 0.263 e. The van der Waals surface area contributed by atoms with E-state index in [0.717, 1.165) is 24.3 Å². The lowest BCUT2D eigenvalue weighted by Crippen LogP contribution is -2.17. The summed E-state index contributed by atoms with van der Waals surface area (Å²) in [6, 6.07) is 7.83. The van der Waals surface area contributed by atoms with Crippen molar-refractivity contribution in [1.82, 2.24) is 5.32 Å². The molecule has 1 saturated heterocycles. The number of carbonyl (C=O) groups excluding carboxylic acids is 1. The van der Waals surface area contributed by atoms with E-state index in [-0.39, 0.29) is 5.91 Å². The summed E-state index contributed by atoms with van der Waals surface area (Å²) in [4.78, 5) is 12.3. The summed E-state index contributed by atoms with van der Waals surface area (Å²) in [6.45, 7) is 3.02. The van der Waals surface area contributed by atoms with Crippen LogP contribution in [0.2, 0.25) is 0 Å². The number of amides is 1. The van der Waals surface area contributed by atoms with Crippen molar-refractivity contribution in [2.75, 3.05) is 6.61 Å². The maximum Gasteiger partial charge on any atom is 0.263 e. The maximum atomic E-state index is 11.6. The van der Waals surface area contributed by atoms with Crippen molar-refractivity contribution in [3.05, 3.63) is 34.7 Å². The van der Waals surface area contributed by atoms with Gasteiger partial charge in [-0.3, -0.25) is 4.79 Å². The Labute approximate surface area is 160 Å². The normalized spacial score (nSPS) is 15.6. The Hall–Kier alpha value is -1.33. The molecule has 0 aromatic heterocycles. The predicted octanol–water partition coefficient (Wildman–Crippen LogP) is 5.69. The summed E-state index contributed by atoms with van der Waals surface area (Å²) in [5.74, 6) is 0.758. The van der Waals surface area contributed by atoms with Crippen molar-refractivity contribution < 1.29 is 9.53 Å². The number of rotatable bonds is 11. The van der Waals surface area contributed by atoms with Crippen LogP contribution in [0.4, 0.5) is 0 Å². The highest BCUT2D eigenvalue weighted by Crippen LogP contribution is 2.26. The van der Waals surface area contributed by atoms with Gasteiger partial charge in [-0.15, -0.1) is 0 Å². The number of thiocarbonyl (C=S) groups is 1. The minimum atomic E-state index is -0.120. The van der Waals surface area contributed by atoms with Crippen molar-refractivity contribution >= 4 is 40.3 Å². The molecule has 1 fully saturated rings. The van der Waals surface area contributed by atoms with E-state index in [1.165, 1.54) is 56.7 Å². The third-order valence-electron chi connectivity index (χ3n) is 4.09. The van der Waals surface area contributed by atoms with E-state index in [9.17, 15) is 4.79 Å². The summed E-state index contributed by atoms with van der Waals surface area (Å²) >= 11 is 6.29. The van der Waals surface area contributed by atoms with E-state index >= 15 is 0 Å². The lowest BCUT2D eigenvalue weighted by Gasteiger charge is -2.06. The molecule has 1 N–H and O–H groups in total. The highest BCUT2D eigenvalue weighted by molar-refractivity contribution is 8.26. The number of unbranched alkanes of at least 4 members (excludes halogenated alkanes) is 7. The highest BCUT2D eigenvalue weighted by Gasteiger charge is 2.21. The van der Waals surface area contributed by atoms with Gasteiger partial charge in [0.2, 0.25) is 0 Å². The minimum absolute atomic E-state index is 0.120. The van der Waals surface area contributed by atoms with Gasteiger partial charge in [0.25, 0.3) is 5.91 Å². The second kappa shape index (κ2) is 11.3. The van der Waals surface area contributed by atoms with Gasteiger partial charge in [0, 0.05) is 0 Å². The third-order valence-corrected chi connectivity index (χ3v) is 5.25. The SMILES string of the molecule is CCCCCCCCCCOc1ccc(/C=C2\SC(=S)NC2=O)cc1. The van der Waals surface area contributed by atoms with Crippen LogP contribution in [-0.4, -0.2) is 16.8 Å². The number of benzene rings is 1. The van der Waals surface area contributed by atoms with Crippen molar-refractivity contribution in [2.24, 2.45) is 0 Å². The molecule has 3 nitrogen and oxygen atoms in total. The number of carbonyl (C=O) groups is 1. The molecule has 1 aromatic rings. The topological polar surface area (TPSA) is 38.3 Å². The Morgan fingerprint density at radius 3 is 2.28 bits per heavy atom. The Bertz CT molecular complexity index is 596. The molecule has 5 heteroatoms. The second-order valence-corrected chi connectivity index (χ2v) is 7.96. The molecule has 0 aliphatic carbocycles. The first-order chi connectivity index (χ1) is 12.2. The number of hydrogen-bond acceptors (Lipinski definition) is 4. The fraction of sp³-hybridized carbons (Fsp3) is 0.500. The first kappa shape index (κ1) is 20.0. The van der Waals surface area contributed by atoms with E-state index < -0.39 is 0 Å². The van der Waals surface area contributed by atoms with Crippen LogP contribution in [0.25, 0.3) is 6.08 Å². The van der Waals surface area contributed by atoms with Crippen LogP contribution in [0, 0.1) is 0 Å². The summed E-state index contributed by atoms with van der Waals surface area (Å²) in [5, 5.41) is 2.62. The molecule has 136 valence electrons. The van der Waals surface area contributed by atoms with Crippen LogP contribution in [0.3, 0.4) is 0 Å². The molecule has 1 heterocycles. The van der Waals surface area contributed by atoms with Crippen LogP contribution >= 0.6 is 24.0 Å². The average molecular weight is 378 g/mol. The van der Waals surface area contributed by atoms with E-state index in [2.05, 4.69) is 12.2 Å². The molecule has 0 atom stereocenters. The first-order valence-electron chi connectivity index (χ1n) is 9.17. The Balaban J connectivity index is 1.63. The fourth-order valence-corrected chi connectivity index (χ4v) is 3.70. The van der Waals surface area contributed by atoms with E-state index in [4.69, 9.17) is 17.0 Å². The second-order valence-electron chi connectivity index (χ2n) is 6.24. The Morgan fingerprint density at radius 2 is 1.68 bits per heavy atom. The average Bonchev–Trinajstić information content (AvgIpc) is 2.92. The standard InChI is InChI=1S/C20H27NO2S2/c1-2-3-4-5-6-7-8-9-14-23-17-12-10-16(11-13-17)15-18-19(22)21-20(24)25-18/h10-13,15H,2-9,14H2,1H3,(H,21,22,24)/b18-15-. The van der Waals surface area contributed by atoms with Crippen LogP contribution in [0.15, 0.2) is 29.2 Å². The molecule has 25 heavy (non-hydrogen) atoms. The molecule has 0 saturated carbocycles. The zero-order chi connectivity index (χ0) is 17.9. The van der Waals surface area contributed by atoms with Crippen molar-refractivity contribution in [3.8, 4) is 5.75 Å². The van der Waals surface area contributed by atoms with E-state index in [1.54, 1.807) is 0 Å². The van der Waals surface area contributed by atoms with Crippen molar-refractivity contribution in [2.45, 2.75) is 58.3 Å². The summed E-state index contributed by atoms with van der Waals surface area (Å²) in [5.41, 5.74) is 0.974. The number of hydrogen-bond donors (Lipinski definition) is 1. The quantitative estimate of drug-likeness (QED) is 0.305. The first-order valence-corrected chi connectivity index (χ1v) is 10.4. The van der Waals surface area contributed by atoms with Gasteiger partial charge in [0.15, 0.2) is 0 Å². The van der Waals surface area contributed by atoms with Crippen molar-refractivity contribution in [1.29, 1.82) is 0 Å². The summed E-state index contributed by atoms with van der Waals surface area (Å²) in [6.07, 6.45) is 12.3. The highest BCUT2D eigenvalue weighted by atomic mass is 32.2. The Kier molecular flexibility index (Phi) is 9.05. The largest absolute Gasteiger partial charge is 0.494 e. The molecule has 1 aliphatic rings. The molecule has 1 aromatic carbocycles. The summed E-state index contributed by atoms with van der Waals surface area (Å²) in [7, 11) is 0. The molecular weight excluding hydrogens is 350 g/mol. The molecule has 0 unspecified atom stereocenters. The number of ether oxygens (including phenoxy) is 1. The van der Waals surface area contributed by atoms with Crippen LogP contribution in [-0.2, 0) is 4.79 Å². The monoisotopic (exact) mass is 377 g/mol.